The molecule has 0 amide bonds. The summed E-state index contributed by atoms with van der Waals surface area (Å²) in [6, 6.07) is 0. The maximum atomic E-state index is 5.94. The molecule has 0 aliphatic rings. The summed E-state index contributed by atoms with van der Waals surface area (Å²) in [7, 11) is 0. The van der Waals surface area contributed by atoms with Crippen molar-refractivity contribution in [3.05, 3.63) is 0 Å². The van der Waals surface area contributed by atoms with Gasteiger partial charge in [-0.3, -0.25) is 0 Å². The Bertz CT molecular complexity index is 366. The zero-order valence-electron chi connectivity index (χ0n) is 14.7. The van der Waals surface area contributed by atoms with E-state index in [0.29, 0.717) is 0 Å². The largest absolute Gasteiger partial charge is 1.00 e. The van der Waals surface area contributed by atoms with Gasteiger partial charge in [-0.2, -0.15) is 0 Å². The van der Waals surface area contributed by atoms with E-state index >= 15 is 0 Å². The van der Waals surface area contributed by atoms with Gasteiger partial charge in [0.25, 0.3) is 0 Å². The molecule has 0 bridgehead atoms. The van der Waals surface area contributed by atoms with Gasteiger partial charge in [0, 0.05) is 0 Å². The molecule has 0 aromatic carbocycles. The Morgan fingerprint density at radius 3 is 1.67 bits per heavy atom. The maximum absolute atomic E-state index is 5.94. The number of hydrogen-bond acceptors (Lipinski definition) is 4. The zero-order chi connectivity index (χ0) is 16.2. The van der Waals surface area contributed by atoms with Crippen molar-refractivity contribution in [2.24, 2.45) is 0 Å². The molecule has 1 N–H and O–H groups in total. The lowest BCUT2D eigenvalue weighted by Gasteiger charge is -2.30. The molecular formula is C14H31ClNO2PS2. The molecule has 7 heteroatoms. The van der Waals surface area contributed by atoms with Gasteiger partial charge in [0.05, 0.1) is 17.0 Å². The summed E-state index contributed by atoms with van der Waals surface area (Å²) in [6.07, 6.45) is 2.23. The molecule has 0 fully saturated rings. The fourth-order valence-corrected chi connectivity index (χ4v) is 9.09. The second kappa shape index (κ2) is 9.24. The standard InChI is InChI=1S/C14H30NO2PS2.ClH/c1-11(2)16-18(19,17-12(3)4)20-14(8,9)10-15-13(5,6)7;/h10-12H,1-9H3;1H. The van der Waals surface area contributed by atoms with Crippen molar-refractivity contribution in [3.63, 3.8) is 0 Å². The highest BCUT2D eigenvalue weighted by atomic mass is 35.5. The summed E-state index contributed by atoms with van der Waals surface area (Å²) in [5.74, 6) is 0. The second-order valence-electron chi connectivity index (χ2n) is 6.99. The van der Waals surface area contributed by atoms with E-state index in [-0.39, 0.29) is 34.9 Å². The van der Waals surface area contributed by atoms with Gasteiger partial charge in [0.2, 0.25) is 5.69 Å². The van der Waals surface area contributed by atoms with E-state index < -0.39 is 5.69 Å². The average molecular weight is 376 g/mol. The van der Waals surface area contributed by atoms with Gasteiger partial charge >= 0.3 is 0 Å². The van der Waals surface area contributed by atoms with Gasteiger partial charge in [-0.1, -0.05) is 11.4 Å². The highest BCUT2D eigenvalue weighted by Gasteiger charge is 2.34. The summed E-state index contributed by atoms with van der Waals surface area (Å²) < 4.78 is 11.7. The average Bonchev–Trinajstić information content (AvgIpc) is 2.08. The summed E-state index contributed by atoms with van der Waals surface area (Å²) in [5.41, 5.74) is -2.32. The summed E-state index contributed by atoms with van der Waals surface area (Å²) in [4.78, 5) is 3.41. The Morgan fingerprint density at radius 1 is 1.00 bits per heavy atom. The van der Waals surface area contributed by atoms with Crippen molar-refractivity contribution in [1.29, 1.82) is 0 Å². The lowest BCUT2D eigenvalue weighted by Crippen LogP contribution is -3.00. The van der Waals surface area contributed by atoms with Crippen LogP contribution in [0.1, 0.15) is 62.3 Å². The third kappa shape index (κ3) is 13.1. The van der Waals surface area contributed by atoms with Crippen LogP contribution in [-0.2, 0) is 20.9 Å². The van der Waals surface area contributed by atoms with Crippen LogP contribution in [0.2, 0.25) is 0 Å². The molecule has 0 saturated heterocycles. The molecule has 0 heterocycles. The van der Waals surface area contributed by atoms with Crippen LogP contribution in [0, 0.1) is 0 Å². The number of rotatable bonds is 7. The molecule has 21 heavy (non-hydrogen) atoms. The fourth-order valence-electron chi connectivity index (χ4n) is 1.29. The van der Waals surface area contributed by atoms with E-state index in [1.54, 1.807) is 11.4 Å². The molecule has 0 saturated carbocycles. The van der Waals surface area contributed by atoms with E-state index in [1.807, 2.05) is 27.7 Å². The highest BCUT2D eigenvalue weighted by molar-refractivity contribution is 8.68. The minimum absolute atomic E-state index is 0. The Morgan fingerprint density at radius 2 is 1.38 bits per heavy atom. The van der Waals surface area contributed by atoms with Crippen molar-refractivity contribution >= 4 is 35.1 Å². The quantitative estimate of drug-likeness (QED) is 0.519. The van der Waals surface area contributed by atoms with Crippen LogP contribution in [0.15, 0.2) is 0 Å². The third-order valence-corrected chi connectivity index (χ3v) is 7.84. The summed E-state index contributed by atoms with van der Waals surface area (Å²) in [6.45, 7) is 18.6. The number of halogens is 1. The molecule has 0 radical (unpaired) electrons. The SMILES string of the molecule is CC(C)OP(=S)(OC(C)C)SC(C)(C)C=[NH+]C(C)(C)C.[Cl-]. The van der Waals surface area contributed by atoms with Crippen LogP contribution in [0.3, 0.4) is 0 Å². The maximum Gasteiger partial charge on any atom is 0.248 e. The zero-order valence-corrected chi connectivity index (χ0v) is 18.0. The second-order valence-corrected chi connectivity index (χ2v) is 13.7. The summed E-state index contributed by atoms with van der Waals surface area (Å²) in [5, 5.41) is 0. The van der Waals surface area contributed by atoms with E-state index in [4.69, 9.17) is 20.9 Å². The van der Waals surface area contributed by atoms with Crippen LogP contribution in [-0.4, -0.2) is 28.7 Å². The molecule has 0 atom stereocenters. The molecule has 0 unspecified atom stereocenters. The highest BCUT2D eigenvalue weighted by Crippen LogP contribution is 2.66. The Labute approximate surface area is 146 Å². The Balaban J connectivity index is 0. The first-order chi connectivity index (χ1) is 8.75. The van der Waals surface area contributed by atoms with E-state index in [0.717, 1.165) is 0 Å². The molecule has 0 aromatic heterocycles. The van der Waals surface area contributed by atoms with Gasteiger partial charge in [0.15, 0.2) is 11.8 Å². The lowest BCUT2D eigenvalue weighted by molar-refractivity contribution is -0.535. The van der Waals surface area contributed by atoms with Crippen molar-refractivity contribution in [1.82, 2.24) is 0 Å². The van der Waals surface area contributed by atoms with Crippen molar-refractivity contribution in [2.45, 2.75) is 84.8 Å². The van der Waals surface area contributed by atoms with Gasteiger partial charge in [0.1, 0.15) is 0 Å². The van der Waals surface area contributed by atoms with Gasteiger partial charge < -0.3 is 21.5 Å². The van der Waals surface area contributed by atoms with Crippen LogP contribution in [0.25, 0.3) is 0 Å². The minimum atomic E-state index is -2.36. The van der Waals surface area contributed by atoms with Crippen molar-refractivity contribution in [2.75, 3.05) is 0 Å². The van der Waals surface area contributed by atoms with E-state index in [1.165, 1.54) is 0 Å². The summed E-state index contributed by atoms with van der Waals surface area (Å²) >= 11 is 7.30. The first-order valence-corrected chi connectivity index (χ1v) is 11.1. The molecule has 0 spiro atoms. The first kappa shape index (κ1) is 24.1. The van der Waals surface area contributed by atoms with Crippen LogP contribution >= 0.6 is 17.1 Å². The number of nitrogens with one attached hydrogen (secondary N) is 1. The van der Waals surface area contributed by atoms with Gasteiger partial charge in [-0.05, 0) is 74.1 Å². The molecule has 3 nitrogen and oxygen atoms in total. The van der Waals surface area contributed by atoms with Crippen molar-refractivity contribution in [3.8, 4) is 0 Å². The molecular weight excluding hydrogens is 345 g/mol. The normalized spacial score (nSPS) is 14.0. The predicted octanol–water partition coefficient (Wildman–Crippen LogP) is 0.527. The number of hydrogen-bond donors (Lipinski definition) is 1. The van der Waals surface area contributed by atoms with Gasteiger partial charge in [-0.15, -0.1) is 0 Å². The Kier molecular flexibility index (Phi) is 10.6. The topological polar surface area (TPSA) is 32.4 Å². The monoisotopic (exact) mass is 375 g/mol. The third-order valence-electron chi connectivity index (χ3n) is 1.88. The first-order valence-electron chi connectivity index (χ1n) is 7.04. The Hall–Kier alpha value is 0.880. The minimum Gasteiger partial charge on any atom is -1.00 e. The molecule has 0 rings (SSSR count). The smallest absolute Gasteiger partial charge is 0.248 e. The van der Waals surface area contributed by atoms with E-state index in [2.05, 4.69) is 45.8 Å². The lowest BCUT2D eigenvalue weighted by atomic mass is 10.1. The van der Waals surface area contributed by atoms with Crippen LogP contribution in [0.4, 0.5) is 0 Å². The molecule has 0 aliphatic carbocycles. The molecule has 0 aromatic rings. The predicted molar refractivity (Wildman–Crippen MR) is 95.2 cm³/mol. The van der Waals surface area contributed by atoms with Crippen molar-refractivity contribution < 1.29 is 26.4 Å². The fraction of sp³-hybridized carbons (Fsp3) is 0.929. The van der Waals surface area contributed by atoms with E-state index in [9.17, 15) is 0 Å². The van der Waals surface area contributed by atoms with Gasteiger partial charge in [-0.25, -0.2) is 4.99 Å². The van der Waals surface area contributed by atoms with Crippen LogP contribution in [0.5, 0.6) is 0 Å². The van der Waals surface area contributed by atoms with Crippen LogP contribution < -0.4 is 17.4 Å². The molecule has 128 valence electrons. The molecule has 0 aliphatic heterocycles.